The Morgan fingerprint density at radius 2 is 2.18 bits per heavy atom. The van der Waals surface area contributed by atoms with Gasteiger partial charge in [0.1, 0.15) is 0 Å². The molecule has 2 rings (SSSR count). The minimum Gasteiger partial charge on any atom is -0.390 e. The van der Waals surface area contributed by atoms with Crippen LogP contribution in [0.15, 0.2) is 24.4 Å². The average Bonchev–Trinajstić information content (AvgIpc) is 2.30. The molecule has 92 valence electrons. The molecule has 0 bridgehead atoms. The molecule has 0 atom stereocenters. The number of likely N-dealkylation sites (tertiary alicyclic amines) is 1. The molecule has 1 saturated heterocycles. The van der Waals surface area contributed by atoms with E-state index in [-0.39, 0.29) is 5.91 Å². The van der Waals surface area contributed by atoms with Crippen molar-refractivity contribution in [2.75, 3.05) is 13.1 Å². The SMILES string of the molecule is CC1(O)CCN(C(=O)Cc2ccccn2)CC1. The Hall–Kier alpha value is -1.42. The van der Waals surface area contributed by atoms with Crippen molar-refractivity contribution in [3.05, 3.63) is 30.1 Å². The second kappa shape index (κ2) is 4.84. The lowest BCUT2D eigenvalue weighted by Crippen LogP contribution is -2.45. The molecule has 17 heavy (non-hydrogen) atoms. The maximum absolute atomic E-state index is 12.0. The highest BCUT2D eigenvalue weighted by Gasteiger charge is 2.29. The molecule has 4 nitrogen and oxygen atoms in total. The zero-order valence-electron chi connectivity index (χ0n) is 10.1. The van der Waals surface area contributed by atoms with E-state index in [4.69, 9.17) is 0 Å². The quantitative estimate of drug-likeness (QED) is 0.830. The van der Waals surface area contributed by atoms with Crippen LogP contribution in [0.1, 0.15) is 25.5 Å². The third-order valence-corrected chi connectivity index (χ3v) is 3.25. The highest BCUT2D eigenvalue weighted by atomic mass is 16.3. The predicted octanol–water partition coefficient (Wildman–Crippen LogP) is 0.998. The van der Waals surface area contributed by atoms with E-state index in [1.165, 1.54) is 0 Å². The van der Waals surface area contributed by atoms with Gasteiger partial charge in [-0.3, -0.25) is 9.78 Å². The summed E-state index contributed by atoms with van der Waals surface area (Å²) in [5.41, 5.74) is 0.191. The molecule has 0 spiro atoms. The number of carbonyl (C=O) groups is 1. The van der Waals surface area contributed by atoms with Gasteiger partial charge in [0.05, 0.1) is 12.0 Å². The van der Waals surface area contributed by atoms with Crippen molar-refractivity contribution in [2.45, 2.75) is 31.8 Å². The molecule has 0 unspecified atom stereocenters. The van der Waals surface area contributed by atoms with E-state index in [9.17, 15) is 9.90 Å². The third-order valence-electron chi connectivity index (χ3n) is 3.25. The number of pyridine rings is 1. The maximum atomic E-state index is 12.0. The summed E-state index contributed by atoms with van der Waals surface area (Å²) in [6, 6.07) is 5.58. The summed E-state index contributed by atoms with van der Waals surface area (Å²) < 4.78 is 0. The fraction of sp³-hybridized carbons (Fsp3) is 0.538. The van der Waals surface area contributed by atoms with Crippen molar-refractivity contribution >= 4 is 5.91 Å². The van der Waals surface area contributed by atoms with Gasteiger partial charge < -0.3 is 10.0 Å². The molecule has 0 radical (unpaired) electrons. The van der Waals surface area contributed by atoms with Crippen LogP contribution in [0.3, 0.4) is 0 Å². The lowest BCUT2D eigenvalue weighted by molar-refractivity contribution is -0.134. The fourth-order valence-electron chi connectivity index (χ4n) is 2.01. The Labute approximate surface area is 101 Å². The van der Waals surface area contributed by atoms with Crippen molar-refractivity contribution in [1.82, 2.24) is 9.88 Å². The van der Waals surface area contributed by atoms with Crippen LogP contribution in [0.2, 0.25) is 0 Å². The summed E-state index contributed by atoms with van der Waals surface area (Å²) in [6.07, 6.45) is 3.36. The zero-order valence-corrected chi connectivity index (χ0v) is 10.1. The monoisotopic (exact) mass is 234 g/mol. The first-order chi connectivity index (χ1) is 8.07. The number of aromatic nitrogens is 1. The average molecular weight is 234 g/mol. The molecule has 1 aliphatic rings. The Kier molecular flexibility index (Phi) is 3.43. The van der Waals surface area contributed by atoms with E-state index in [1.807, 2.05) is 30.0 Å². The van der Waals surface area contributed by atoms with Gasteiger partial charge in [-0.15, -0.1) is 0 Å². The number of piperidine rings is 1. The molecular weight excluding hydrogens is 216 g/mol. The van der Waals surface area contributed by atoms with Crippen molar-refractivity contribution in [1.29, 1.82) is 0 Å². The Balaban J connectivity index is 1.90. The van der Waals surface area contributed by atoms with Crippen LogP contribution in [0, 0.1) is 0 Å². The first-order valence-corrected chi connectivity index (χ1v) is 5.97. The molecule has 0 aliphatic carbocycles. The number of aliphatic hydroxyl groups is 1. The minimum atomic E-state index is -0.609. The van der Waals surface area contributed by atoms with Crippen molar-refractivity contribution in [3.63, 3.8) is 0 Å². The second-order valence-electron chi connectivity index (χ2n) is 4.88. The second-order valence-corrected chi connectivity index (χ2v) is 4.88. The van der Waals surface area contributed by atoms with Crippen molar-refractivity contribution in [2.24, 2.45) is 0 Å². The van der Waals surface area contributed by atoms with E-state index in [1.54, 1.807) is 6.20 Å². The summed E-state index contributed by atoms with van der Waals surface area (Å²) in [4.78, 5) is 17.9. The summed E-state index contributed by atoms with van der Waals surface area (Å²) >= 11 is 0. The van der Waals surface area contributed by atoms with Crippen LogP contribution in [-0.2, 0) is 11.2 Å². The lowest BCUT2D eigenvalue weighted by atomic mass is 9.93. The highest BCUT2D eigenvalue weighted by molar-refractivity contribution is 5.78. The van der Waals surface area contributed by atoms with Gasteiger partial charge in [0.25, 0.3) is 0 Å². The van der Waals surface area contributed by atoms with Crippen LogP contribution >= 0.6 is 0 Å². The molecule has 1 fully saturated rings. The Morgan fingerprint density at radius 3 is 2.76 bits per heavy atom. The number of hydrogen-bond acceptors (Lipinski definition) is 3. The van der Waals surface area contributed by atoms with E-state index in [0.29, 0.717) is 32.4 Å². The van der Waals surface area contributed by atoms with E-state index >= 15 is 0 Å². The van der Waals surface area contributed by atoms with Crippen LogP contribution in [-0.4, -0.2) is 39.6 Å². The van der Waals surface area contributed by atoms with Crippen molar-refractivity contribution < 1.29 is 9.90 Å². The summed E-state index contributed by atoms with van der Waals surface area (Å²) in [5.74, 6) is 0.0965. The standard InChI is InChI=1S/C13H18N2O2/c1-13(17)5-8-15(9-6-13)12(16)10-11-4-2-3-7-14-11/h2-4,7,17H,5-6,8-10H2,1H3. The Morgan fingerprint density at radius 1 is 1.47 bits per heavy atom. The van der Waals surface area contributed by atoms with E-state index in [2.05, 4.69) is 4.98 Å². The van der Waals surface area contributed by atoms with Crippen LogP contribution in [0.5, 0.6) is 0 Å². The molecular formula is C13H18N2O2. The van der Waals surface area contributed by atoms with Crippen LogP contribution in [0.25, 0.3) is 0 Å². The van der Waals surface area contributed by atoms with Gasteiger partial charge in [0.2, 0.25) is 5.91 Å². The van der Waals surface area contributed by atoms with Gasteiger partial charge in [0.15, 0.2) is 0 Å². The maximum Gasteiger partial charge on any atom is 0.228 e. The molecule has 1 amide bonds. The van der Waals surface area contributed by atoms with Gasteiger partial charge in [0, 0.05) is 25.0 Å². The van der Waals surface area contributed by atoms with Crippen LogP contribution < -0.4 is 0 Å². The predicted molar refractivity (Wildman–Crippen MR) is 64.4 cm³/mol. The molecule has 0 aromatic carbocycles. The summed E-state index contributed by atoms with van der Waals surface area (Å²) in [5, 5.41) is 9.81. The van der Waals surface area contributed by atoms with Gasteiger partial charge in [-0.1, -0.05) is 6.07 Å². The van der Waals surface area contributed by atoms with Gasteiger partial charge >= 0.3 is 0 Å². The van der Waals surface area contributed by atoms with E-state index in [0.717, 1.165) is 5.69 Å². The highest BCUT2D eigenvalue weighted by Crippen LogP contribution is 2.21. The smallest absolute Gasteiger partial charge is 0.228 e. The first kappa shape index (κ1) is 12.0. The topological polar surface area (TPSA) is 53.4 Å². The fourth-order valence-corrected chi connectivity index (χ4v) is 2.01. The number of carbonyl (C=O) groups excluding carboxylic acids is 1. The molecule has 1 aromatic rings. The molecule has 1 aliphatic heterocycles. The van der Waals surface area contributed by atoms with Gasteiger partial charge in [-0.2, -0.15) is 0 Å². The van der Waals surface area contributed by atoms with Gasteiger partial charge in [-0.05, 0) is 31.9 Å². The lowest BCUT2D eigenvalue weighted by Gasteiger charge is -2.35. The third kappa shape index (κ3) is 3.27. The zero-order chi connectivity index (χ0) is 12.3. The molecule has 0 saturated carbocycles. The number of amides is 1. The minimum absolute atomic E-state index is 0.0965. The van der Waals surface area contributed by atoms with Gasteiger partial charge in [-0.25, -0.2) is 0 Å². The largest absolute Gasteiger partial charge is 0.390 e. The van der Waals surface area contributed by atoms with E-state index < -0.39 is 5.60 Å². The summed E-state index contributed by atoms with van der Waals surface area (Å²) in [7, 11) is 0. The number of nitrogens with zero attached hydrogens (tertiary/aromatic N) is 2. The Bertz CT molecular complexity index is 380. The number of rotatable bonds is 2. The molecule has 4 heteroatoms. The number of hydrogen-bond donors (Lipinski definition) is 1. The normalized spacial score (nSPS) is 19.1. The molecule has 2 heterocycles. The van der Waals surface area contributed by atoms with Crippen molar-refractivity contribution in [3.8, 4) is 0 Å². The first-order valence-electron chi connectivity index (χ1n) is 5.97. The van der Waals surface area contributed by atoms with Crippen LogP contribution in [0.4, 0.5) is 0 Å². The molecule has 1 N–H and O–H groups in total. The molecule has 1 aromatic heterocycles. The summed E-state index contributed by atoms with van der Waals surface area (Å²) in [6.45, 7) is 3.10.